The molecule has 1 aromatic rings. The van der Waals surface area contributed by atoms with E-state index in [4.69, 9.17) is 10.00 Å². The van der Waals surface area contributed by atoms with Crippen LogP contribution >= 0.6 is 0 Å². The van der Waals surface area contributed by atoms with Crippen molar-refractivity contribution < 1.29 is 13.2 Å². The van der Waals surface area contributed by atoms with Gasteiger partial charge in [-0.05, 0) is 26.0 Å². The van der Waals surface area contributed by atoms with Crippen LogP contribution in [-0.4, -0.2) is 63.1 Å². The Morgan fingerprint density at radius 2 is 1.87 bits per heavy atom. The Morgan fingerprint density at radius 3 is 2.48 bits per heavy atom. The molecule has 2 rings (SSSR count). The molecule has 0 bridgehead atoms. The first-order chi connectivity index (χ1) is 10.9. The molecule has 0 spiro atoms. The monoisotopic (exact) mass is 337 g/mol. The predicted octanol–water partition coefficient (Wildman–Crippen LogP) is 1.29. The third-order valence-corrected chi connectivity index (χ3v) is 5.77. The smallest absolute Gasteiger partial charge is 0.244 e. The molecule has 1 fully saturated rings. The van der Waals surface area contributed by atoms with Crippen LogP contribution in [0.2, 0.25) is 0 Å². The first-order valence-corrected chi connectivity index (χ1v) is 9.22. The number of nitriles is 1. The van der Waals surface area contributed by atoms with Crippen molar-refractivity contribution in [1.82, 2.24) is 9.21 Å². The summed E-state index contributed by atoms with van der Waals surface area (Å²) in [5.41, 5.74) is 0.195. The minimum atomic E-state index is -3.61. The zero-order valence-electron chi connectivity index (χ0n) is 13.6. The van der Waals surface area contributed by atoms with Gasteiger partial charge in [-0.2, -0.15) is 9.57 Å². The number of rotatable bonds is 6. The molecule has 6 nitrogen and oxygen atoms in total. The third kappa shape index (κ3) is 4.52. The summed E-state index contributed by atoms with van der Waals surface area (Å²) in [7, 11) is -3.61. The summed E-state index contributed by atoms with van der Waals surface area (Å²) >= 11 is 0. The van der Waals surface area contributed by atoms with Crippen molar-refractivity contribution >= 4 is 10.0 Å². The van der Waals surface area contributed by atoms with Gasteiger partial charge in [0.2, 0.25) is 10.0 Å². The molecule has 0 N–H and O–H groups in total. The van der Waals surface area contributed by atoms with Crippen LogP contribution < -0.4 is 0 Å². The summed E-state index contributed by atoms with van der Waals surface area (Å²) < 4.78 is 32.4. The van der Waals surface area contributed by atoms with Gasteiger partial charge < -0.3 is 4.74 Å². The lowest BCUT2D eigenvalue weighted by molar-refractivity contribution is 0.0521. The average Bonchev–Trinajstić information content (AvgIpc) is 2.55. The maximum absolute atomic E-state index is 12.7. The van der Waals surface area contributed by atoms with Crippen molar-refractivity contribution in [2.45, 2.75) is 24.8 Å². The molecule has 0 atom stereocenters. The van der Waals surface area contributed by atoms with E-state index in [0.717, 1.165) is 6.54 Å². The summed E-state index contributed by atoms with van der Waals surface area (Å²) in [6.45, 7) is 7.68. The molecule has 1 saturated heterocycles. The first kappa shape index (κ1) is 17.9. The molecule has 1 aromatic carbocycles. The standard InChI is InChI=1S/C16H23N3O3S/c1-14(2)22-12-11-18-7-9-19(10-8-18)23(20,21)16-6-4-3-5-15(16)13-17/h3-6,14H,7-12H2,1-2H3. The Balaban J connectivity index is 1.98. The van der Waals surface area contributed by atoms with Crippen LogP contribution in [0.1, 0.15) is 19.4 Å². The summed E-state index contributed by atoms with van der Waals surface area (Å²) in [6, 6.07) is 8.30. The molecular formula is C16H23N3O3S. The Labute approximate surface area is 138 Å². The van der Waals surface area contributed by atoms with E-state index in [-0.39, 0.29) is 16.6 Å². The normalized spacial score (nSPS) is 17.3. The fourth-order valence-electron chi connectivity index (χ4n) is 2.53. The lowest BCUT2D eigenvalue weighted by atomic mass is 10.2. The minimum Gasteiger partial charge on any atom is -0.377 e. The van der Waals surface area contributed by atoms with Crippen molar-refractivity contribution in [1.29, 1.82) is 5.26 Å². The summed E-state index contributed by atoms with van der Waals surface area (Å²) in [5.74, 6) is 0. The Morgan fingerprint density at radius 1 is 1.22 bits per heavy atom. The van der Waals surface area contributed by atoms with Crippen LogP contribution in [0.25, 0.3) is 0 Å². The van der Waals surface area contributed by atoms with Gasteiger partial charge in [-0.15, -0.1) is 0 Å². The second-order valence-corrected chi connectivity index (χ2v) is 7.68. The van der Waals surface area contributed by atoms with Gasteiger partial charge in [0.05, 0.1) is 23.2 Å². The summed E-state index contributed by atoms with van der Waals surface area (Å²) in [6.07, 6.45) is 0.208. The lowest BCUT2D eigenvalue weighted by Gasteiger charge is -2.34. The highest BCUT2D eigenvalue weighted by atomic mass is 32.2. The van der Waals surface area contributed by atoms with Crippen LogP contribution in [0.5, 0.6) is 0 Å². The second kappa shape index (κ2) is 7.88. The maximum Gasteiger partial charge on any atom is 0.244 e. The van der Waals surface area contributed by atoms with E-state index in [2.05, 4.69) is 4.90 Å². The largest absolute Gasteiger partial charge is 0.377 e. The number of ether oxygens (including phenoxy) is 1. The topological polar surface area (TPSA) is 73.6 Å². The zero-order valence-corrected chi connectivity index (χ0v) is 14.4. The van der Waals surface area contributed by atoms with Crippen LogP contribution in [0, 0.1) is 11.3 Å². The van der Waals surface area contributed by atoms with Crippen LogP contribution in [0.15, 0.2) is 29.2 Å². The van der Waals surface area contributed by atoms with Crippen LogP contribution in [0.4, 0.5) is 0 Å². The summed E-state index contributed by atoms with van der Waals surface area (Å²) in [5, 5.41) is 9.11. The Bertz CT molecular complexity index is 659. The molecule has 0 saturated carbocycles. The Hall–Kier alpha value is -1.46. The molecule has 7 heteroatoms. The molecule has 0 unspecified atom stereocenters. The van der Waals surface area contributed by atoms with Gasteiger partial charge in [-0.25, -0.2) is 8.42 Å². The van der Waals surface area contributed by atoms with E-state index < -0.39 is 10.0 Å². The van der Waals surface area contributed by atoms with Crippen LogP contribution in [0.3, 0.4) is 0 Å². The molecule has 1 aliphatic heterocycles. The molecule has 0 aromatic heterocycles. The quantitative estimate of drug-likeness (QED) is 0.782. The average molecular weight is 337 g/mol. The predicted molar refractivity (Wildman–Crippen MR) is 87.4 cm³/mol. The molecule has 126 valence electrons. The van der Waals surface area contributed by atoms with Gasteiger partial charge >= 0.3 is 0 Å². The molecule has 0 amide bonds. The van der Waals surface area contributed by atoms with Gasteiger partial charge in [0.25, 0.3) is 0 Å². The van der Waals surface area contributed by atoms with Gasteiger partial charge in [-0.3, -0.25) is 4.90 Å². The highest BCUT2D eigenvalue weighted by Gasteiger charge is 2.30. The van der Waals surface area contributed by atoms with E-state index in [9.17, 15) is 8.42 Å². The third-order valence-electron chi connectivity index (χ3n) is 3.82. The minimum absolute atomic E-state index is 0.0964. The number of hydrogen-bond donors (Lipinski definition) is 0. The highest BCUT2D eigenvalue weighted by Crippen LogP contribution is 2.20. The molecular weight excluding hydrogens is 314 g/mol. The number of hydrogen-bond acceptors (Lipinski definition) is 5. The van der Waals surface area contributed by atoms with E-state index in [0.29, 0.717) is 32.8 Å². The number of nitrogens with zero attached hydrogens (tertiary/aromatic N) is 3. The van der Waals surface area contributed by atoms with Gasteiger partial charge in [0.15, 0.2) is 0 Å². The molecule has 0 aliphatic carbocycles. The van der Waals surface area contributed by atoms with E-state index >= 15 is 0 Å². The van der Waals surface area contributed by atoms with Crippen molar-refractivity contribution in [3.63, 3.8) is 0 Å². The number of piperazine rings is 1. The lowest BCUT2D eigenvalue weighted by Crippen LogP contribution is -2.49. The van der Waals surface area contributed by atoms with Gasteiger partial charge in [0, 0.05) is 32.7 Å². The molecule has 1 aliphatic rings. The highest BCUT2D eigenvalue weighted by molar-refractivity contribution is 7.89. The SMILES string of the molecule is CC(C)OCCN1CCN(S(=O)(=O)c2ccccc2C#N)CC1. The van der Waals surface area contributed by atoms with E-state index in [1.165, 1.54) is 16.4 Å². The van der Waals surface area contributed by atoms with Crippen LogP contribution in [-0.2, 0) is 14.8 Å². The molecule has 1 heterocycles. The maximum atomic E-state index is 12.7. The zero-order chi connectivity index (χ0) is 16.9. The number of sulfonamides is 1. The summed E-state index contributed by atoms with van der Waals surface area (Å²) in [4.78, 5) is 2.30. The first-order valence-electron chi connectivity index (χ1n) is 7.78. The molecule has 23 heavy (non-hydrogen) atoms. The second-order valence-electron chi connectivity index (χ2n) is 5.77. The van der Waals surface area contributed by atoms with Crippen molar-refractivity contribution in [2.24, 2.45) is 0 Å². The van der Waals surface area contributed by atoms with E-state index in [1.54, 1.807) is 12.1 Å². The fourth-order valence-corrected chi connectivity index (χ4v) is 4.10. The van der Waals surface area contributed by atoms with Crippen molar-refractivity contribution in [3.8, 4) is 6.07 Å². The molecule has 0 radical (unpaired) electrons. The number of benzene rings is 1. The fraction of sp³-hybridized carbons (Fsp3) is 0.562. The van der Waals surface area contributed by atoms with Gasteiger partial charge in [-0.1, -0.05) is 12.1 Å². The van der Waals surface area contributed by atoms with E-state index in [1.807, 2.05) is 19.9 Å². The van der Waals surface area contributed by atoms with Gasteiger partial charge in [0.1, 0.15) is 6.07 Å². The van der Waals surface area contributed by atoms with Crippen molar-refractivity contribution in [3.05, 3.63) is 29.8 Å². The Kier molecular flexibility index (Phi) is 6.13. The van der Waals surface area contributed by atoms with Crippen molar-refractivity contribution in [2.75, 3.05) is 39.3 Å².